The molecule has 27 heavy (non-hydrogen) atoms. The second-order valence-electron chi connectivity index (χ2n) is 6.85. The Labute approximate surface area is 165 Å². The van der Waals surface area contributed by atoms with Gasteiger partial charge in [-0.25, -0.2) is 0 Å². The number of fused-ring (bicyclic) bond motifs is 1. The van der Waals surface area contributed by atoms with E-state index in [2.05, 4.69) is 21.2 Å². The Balaban J connectivity index is 1.57. The lowest BCUT2D eigenvalue weighted by atomic mass is 10.0. The van der Waals surface area contributed by atoms with Crippen LogP contribution in [0.2, 0.25) is 0 Å². The van der Waals surface area contributed by atoms with Crippen LogP contribution >= 0.6 is 15.9 Å². The van der Waals surface area contributed by atoms with Gasteiger partial charge in [-0.3, -0.25) is 19.3 Å². The number of imide groups is 1. The van der Waals surface area contributed by atoms with Crippen molar-refractivity contribution in [1.29, 1.82) is 0 Å². The highest BCUT2D eigenvalue weighted by molar-refractivity contribution is 9.10. The number of hydrogen-bond donors (Lipinski definition) is 1. The minimum absolute atomic E-state index is 0.0478. The van der Waals surface area contributed by atoms with E-state index in [9.17, 15) is 14.4 Å². The summed E-state index contributed by atoms with van der Waals surface area (Å²) in [4.78, 5) is 38.4. The first-order chi connectivity index (χ1) is 12.8. The predicted octanol–water partition coefficient (Wildman–Crippen LogP) is 3.48. The molecule has 0 radical (unpaired) electrons. The van der Waals surface area contributed by atoms with Crippen LogP contribution < -0.4 is 5.32 Å². The van der Waals surface area contributed by atoms with Gasteiger partial charge in [-0.1, -0.05) is 28.1 Å². The summed E-state index contributed by atoms with van der Waals surface area (Å²) in [6, 6.07) is 13.9. The zero-order chi connectivity index (χ0) is 19.6. The van der Waals surface area contributed by atoms with Crippen molar-refractivity contribution in [3.8, 4) is 0 Å². The smallest absolute Gasteiger partial charge is 0.262 e. The molecule has 7 heteroatoms. The van der Waals surface area contributed by atoms with E-state index >= 15 is 0 Å². The van der Waals surface area contributed by atoms with E-state index in [-0.39, 0.29) is 30.9 Å². The third kappa shape index (κ3) is 4.09. The lowest BCUT2D eigenvalue weighted by Crippen LogP contribution is -2.50. The zero-order valence-electron chi connectivity index (χ0n) is 15.0. The Kier molecular flexibility index (Phi) is 5.43. The highest BCUT2D eigenvalue weighted by Gasteiger charge is 2.44. The van der Waals surface area contributed by atoms with E-state index < -0.39 is 5.54 Å². The molecule has 140 valence electrons. The van der Waals surface area contributed by atoms with Crippen molar-refractivity contribution in [2.75, 3.05) is 18.5 Å². The molecule has 3 amide bonds. The molecule has 0 bridgehead atoms. The van der Waals surface area contributed by atoms with Crippen LogP contribution in [-0.2, 0) is 9.53 Å². The second-order valence-corrected chi connectivity index (χ2v) is 7.77. The standard InChI is InChI=1S/C20H19BrN2O4/c1-20(2,23-18(25)15-5-3-4-6-16(15)19(23)26)12-27-11-17(24)22-14-9-7-13(21)8-10-14/h3-10H,11-12H2,1-2H3,(H,22,24). The highest BCUT2D eigenvalue weighted by Crippen LogP contribution is 2.29. The summed E-state index contributed by atoms with van der Waals surface area (Å²) in [6.07, 6.45) is 0. The summed E-state index contributed by atoms with van der Waals surface area (Å²) >= 11 is 3.33. The van der Waals surface area contributed by atoms with E-state index in [0.717, 1.165) is 4.47 Å². The number of ether oxygens (including phenoxy) is 1. The fourth-order valence-electron chi connectivity index (χ4n) is 2.93. The number of amides is 3. The van der Waals surface area contributed by atoms with Gasteiger partial charge in [0.05, 0.1) is 23.3 Å². The van der Waals surface area contributed by atoms with Crippen molar-refractivity contribution in [2.24, 2.45) is 0 Å². The minimum Gasteiger partial charge on any atom is -0.369 e. The number of rotatable bonds is 6. The van der Waals surface area contributed by atoms with Crippen molar-refractivity contribution >= 4 is 39.3 Å². The summed E-state index contributed by atoms with van der Waals surface area (Å²) in [6.45, 7) is 3.34. The van der Waals surface area contributed by atoms with Crippen LogP contribution in [0.3, 0.4) is 0 Å². The maximum Gasteiger partial charge on any atom is 0.262 e. The first-order valence-corrected chi connectivity index (χ1v) is 9.20. The highest BCUT2D eigenvalue weighted by atomic mass is 79.9. The van der Waals surface area contributed by atoms with Crippen molar-refractivity contribution in [1.82, 2.24) is 4.90 Å². The SMILES string of the molecule is CC(C)(COCC(=O)Nc1ccc(Br)cc1)N1C(=O)c2ccccc2C1=O. The van der Waals surface area contributed by atoms with Crippen molar-refractivity contribution in [2.45, 2.75) is 19.4 Å². The molecule has 2 aromatic carbocycles. The van der Waals surface area contributed by atoms with Gasteiger partial charge in [0.15, 0.2) is 0 Å². The van der Waals surface area contributed by atoms with E-state index in [1.165, 1.54) is 4.90 Å². The maximum absolute atomic E-state index is 12.6. The van der Waals surface area contributed by atoms with E-state index in [1.54, 1.807) is 50.2 Å². The molecule has 1 aliphatic heterocycles. The fourth-order valence-corrected chi connectivity index (χ4v) is 3.19. The Morgan fingerprint density at radius 1 is 1.04 bits per heavy atom. The van der Waals surface area contributed by atoms with E-state index in [4.69, 9.17) is 4.74 Å². The predicted molar refractivity (Wildman–Crippen MR) is 105 cm³/mol. The van der Waals surface area contributed by atoms with Crippen LogP contribution in [0.4, 0.5) is 5.69 Å². The molecular formula is C20H19BrN2O4. The molecule has 0 saturated carbocycles. The number of halogens is 1. The summed E-state index contributed by atoms with van der Waals surface area (Å²) < 4.78 is 6.41. The molecule has 0 spiro atoms. The lowest BCUT2D eigenvalue weighted by molar-refractivity contribution is -0.121. The quantitative estimate of drug-likeness (QED) is 0.711. The van der Waals surface area contributed by atoms with Crippen LogP contribution in [0.5, 0.6) is 0 Å². The maximum atomic E-state index is 12.6. The van der Waals surface area contributed by atoms with Gasteiger partial charge in [0, 0.05) is 10.2 Å². The topological polar surface area (TPSA) is 75.7 Å². The molecule has 0 aromatic heterocycles. The molecule has 0 aliphatic carbocycles. The summed E-state index contributed by atoms with van der Waals surface area (Å²) in [7, 11) is 0. The molecule has 0 saturated heterocycles. The monoisotopic (exact) mass is 430 g/mol. The van der Waals surface area contributed by atoms with Gasteiger partial charge in [0.25, 0.3) is 11.8 Å². The summed E-state index contributed by atoms with van der Waals surface area (Å²) in [5.74, 6) is -0.998. The fraction of sp³-hybridized carbons (Fsp3) is 0.250. The van der Waals surface area contributed by atoms with Crippen LogP contribution in [0.1, 0.15) is 34.6 Å². The Morgan fingerprint density at radius 2 is 1.59 bits per heavy atom. The number of carbonyl (C=O) groups is 3. The van der Waals surface area contributed by atoms with Gasteiger partial charge < -0.3 is 10.1 Å². The van der Waals surface area contributed by atoms with Gasteiger partial charge in [-0.15, -0.1) is 0 Å². The molecule has 1 heterocycles. The second kappa shape index (κ2) is 7.62. The molecule has 0 atom stereocenters. The van der Waals surface area contributed by atoms with Crippen LogP contribution in [0.25, 0.3) is 0 Å². The average molecular weight is 431 g/mol. The number of nitrogens with zero attached hydrogens (tertiary/aromatic N) is 1. The number of anilines is 1. The number of hydrogen-bond acceptors (Lipinski definition) is 4. The van der Waals surface area contributed by atoms with E-state index in [1.807, 2.05) is 12.1 Å². The molecule has 6 nitrogen and oxygen atoms in total. The molecule has 2 aromatic rings. The molecule has 3 rings (SSSR count). The third-order valence-electron chi connectivity index (χ3n) is 4.22. The van der Waals surface area contributed by atoms with Gasteiger partial charge in [-0.2, -0.15) is 0 Å². The Morgan fingerprint density at radius 3 is 2.15 bits per heavy atom. The van der Waals surface area contributed by atoms with Crippen LogP contribution in [0.15, 0.2) is 53.0 Å². The lowest BCUT2D eigenvalue weighted by Gasteiger charge is -2.33. The van der Waals surface area contributed by atoms with Crippen LogP contribution in [-0.4, -0.2) is 41.4 Å². The van der Waals surface area contributed by atoms with Crippen LogP contribution in [0, 0.1) is 0 Å². The first-order valence-electron chi connectivity index (χ1n) is 8.41. The van der Waals surface area contributed by atoms with Gasteiger partial charge in [0.2, 0.25) is 5.91 Å². The molecule has 1 N–H and O–H groups in total. The zero-order valence-corrected chi connectivity index (χ0v) is 16.6. The summed E-state index contributed by atoms with van der Waals surface area (Å²) in [5, 5.41) is 2.72. The van der Waals surface area contributed by atoms with Crippen molar-refractivity contribution in [3.63, 3.8) is 0 Å². The van der Waals surface area contributed by atoms with Gasteiger partial charge in [-0.05, 0) is 50.2 Å². The Bertz CT molecular complexity index is 858. The molecular weight excluding hydrogens is 412 g/mol. The Hall–Kier alpha value is -2.51. The number of nitrogens with one attached hydrogen (secondary N) is 1. The number of carbonyl (C=O) groups excluding carboxylic acids is 3. The largest absolute Gasteiger partial charge is 0.369 e. The average Bonchev–Trinajstić information content (AvgIpc) is 2.89. The minimum atomic E-state index is -0.884. The van der Waals surface area contributed by atoms with E-state index in [0.29, 0.717) is 16.8 Å². The number of benzene rings is 2. The third-order valence-corrected chi connectivity index (χ3v) is 4.74. The van der Waals surface area contributed by atoms with Gasteiger partial charge >= 0.3 is 0 Å². The first kappa shape index (κ1) is 19.3. The normalized spacial score (nSPS) is 13.7. The van der Waals surface area contributed by atoms with Crippen molar-refractivity contribution < 1.29 is 19.1 Å². The van der Waals surface area contributed by atoms with Gasteiger partial charge in [0.1, 0.15) is 6.61 Å². The molecule has 0 fully saturated rings. The molecule has 0 unspecified atom stereocenters. The van der Waals surface area contributed by atoms with Crippen molar-refractivity contribution in [3.05, 3.63) is 64.1 Å². The molecule has 1 aliphatic rings. The summed E-state index contributed by atoms with van der Waals surface area (Å²) in [5.41, 5.74) is 0.559.